The van der Waals surface area contributed by atoms with Gasteiger partial charge in [-0.3, -0.25) is 0 Å². The maximum Gasteiger partial charge on any atom is 0.192 e. The summed E-state index contributed by atoms with van der Waals surface area (Å²) in [4.78, 5) is 0. The summed E-state index contributed by atoms with van der Waals surface area (Å²) in [5, 5.41) is 20.2. The van der Waals surface area contributed by atoms with Gasteiger partial charge in [0.15, 0.2) is 8.32 Å². The van der Waals surface area contributed by atoms with Crippen LogP contribution in [0.5, 0.6) is 0 Å². The van der Waals surface area contributed by atoms with Gasteiger partial charge >= 0.3 is 0 Å². The Morgan fingerprint density at radius 1 is 1.37 bits per heavy atom. The van der Waals surface area contributed by atoms with E-state index in [1.165, 1.54) is 0 Å². The van der Waals surface area contributed by atoms with Crippen LogP contribution in [0.4, 0.5) is 0 Å². The Balaban J connectivity index is 2.20. The average molecular weight is 288 g/mol. The third-order valence-electron chi connectivity index (χ3n) is 5.44. The first kappa shape index (κ1) is 15.4. The van der Waals surface area contributed by atoms with Crippen molar-refractivity contribution in [3.8, 4) is 0 Å². The van der Waals surface area contributed by atoms with E-state index in [2.05, 4.69) is 33.9 Å². The fourth-order valence-electron chi connectivity index (χ4n) is 2.96. The van der Waals surface area contributed by atoms with Crippen LogP contribution in [-0.2, 0) is 9.16 Å². The maximum atomic E-state index is 10.4. The Hall–Kier alpha value is 0.0569. The largest absolute Gasteiger partial charge is 0.411 e. The minimum Gasteiger partial charge on any atom is -0.411 e. The zero-order chi connectivity index (χ0) is 14.6. The maximum absolute atomic E-state index is 10.4. The number of rotatable bonds is 3. The second kappa shape index (κ2) is 4.53. The molecular weight excluding hydrogens is 260 g/mol. The summed E-state index contributed by atoms with van der Waals surface area (Å²) in [5.74, 6) is 0.0754. The van der Waals surface area contributed by atoms with Gasteiger partial charge in [-0.05, 0) is 18.1 Å². The number of hydrogen-bond donors (Lipinski definition) is 2. The number of aliphatic hydroxyl groups excluding tert-OH is 2. The summed E-state index contributed by atoms with van der Waals surface area (Å²) in [5.41, 5.74) is -0.903. The standard InChI is InChI=1S/C14H28O4Si/c1-9-10-7-11(14(8-15,17-10)12(9)16)18-19(5,6)13(2,3)4/h9-12,15-16H,7-8H2,1-6H3. The Morgan fingerprint density at radius 2 is 1.95 bits per heavy atom. The predicted molar refractivity (Wildman–Crippen MR) is 76.5 cm³/mol. The monoisotopic (exact) mass is 288 g/mol. The lowest BCUT2D eigenvalue weighted by Crippen LogP contribution is -2.58. The van der Waals surface area contributed by atoms with Gasteiger partial charge in [0.05, 0.1) is 24.9 Å². The normalized spacial score (nSPS) is 42.9. The lowest BCUT2D eigenvalue weighted by atomic mass is 9.78. The molecule has 0 aliphatic carbocycles. The van der Waals surface area contributed by atoms with E-state index in [1.807, 2.05) is 6.92 Å². The van der Waals surface area contributed by atoms with Crippen molar-refractivity contribution in [1.82, 2.24) is 0 Å². The first-order valence-corrected chi connectivity index (χ1v) is 10.1. The van der Waals surface area contributed by atoms with Crippen molar-refractivity contribution in [3.05, 3.63) is 0 Å². The van der Waals surface area contributed by atoms with E-state index >= 15 is 0 Å². The highest BCUT2D eigenvalue weighted by Gasteiger charge is 2.64. The van der Waals surface area contributed by atoms with E-state index in [4.69, 9.17) is 9.16 Å². The van der Waals surface area contributed by atoms with Crippen LogP contribution >= 0.6 is 0 Å². The second-order valence-corrected chi connectivity index (χ2v) is 12.4. The summed E-state index contributed by atoms with van der Waals surface area (Å²) >= 11 is 0. The van der Waals surface area contributed by atoms with Crippen LogP contribution in [0, 0.1) is 5.92 Å². The Labute approximate surface area is 117 Å². The predicted octanol–water partition coefficient (Wildman–Crippen LogP) is 1.91. The van der Waals surface area contributed by atoms with Gasteiger partial charge in [0.25, 0.3) is 0 Å². The molecule has 2 rings (SSSR count). The molecular formula is C14H28O4Si. The third-order valence-corrected chi connectivity index (χ3v) is 9.92. The van der Waals surface area contributed by atoms with Gasteiger partial charge in [0.1, 0.15) is 5.60 Å². The highest BCUT2D eigenvalue weighted by atomic mass is 28.4. The molecule has 0 saturated carbocycles. The smallest absolute Gasteiger partial charge is 0.192 e. The molecule has 112 valence electrons. The van der Waals surface area contributed by atoms with Crippen LogP contribution in [0.25, 0.3) is 0 Å². The Bertz CT molecular complexity index is 352. The van der Waals surface area contributed by atoms with Gasteiger partial charge in [-0.2, -0.15) is 0 Å². The molecule has 0 aromatic heterocycles. The SMILES string of the molecule is CC1C2CC(O[Si](C)(C)C(C)(C)C)C(CO)(O2)C1O. The van der Waals surface area contributed by atoms with E-state index in [0.717, 1.165) is 6.42 Å². The lowest BCUT2D eigenvalue weighted by Gasteiger charge is -2.44. The molecule has 2 saturated heterocycles. The van der Waals surface area contributed by atoms with Gasteiger partial charge in [-0.25, -0.2) is 0 Å². The summed E-state index contributed by atoms with van der Waals surface area (Å²) in [6.07, 6.45) is -0.0248. The van der Waals surface area contributed by atoms with E-state index in [-0.39, 0.29) is 29.8 Å². The molecule has 0 spiro atoms. The molecule has 4 nitrogen and oxygen atoms in total. The van der Waals surface area contributed by atoms with Crippen LogP contribution in [0.2, 0.25) is 18.1 Å². The topological polar surface area (TPSA) is 58.9 Å². The van der Waals surface area contributed by atoms with Crippen LogP contribution < -0.4 is 0 Å². The molecule has 0 radical (unpaired) electrons. The van der Waals surface area contributed by atoms with Gasteiger partial charge < -0.3 is 19.4 Å². The molecule has 2 bridgehead atoms. The zero-order valence-electron chi connectivity index (χ0n) is 12.9. The molecule has 2 heterocycles. The molecule has 19 heavy (non-hydrogen) atoms. The number of aliphatic hydroxyl groups is 2. The number of ether oxygens (including phenoxy) is 1. The van der Waals surface area contributed by atoms with Crippen LogP contribution in [0.3, 0.4) is 0 Å². The first-order chi connectivity index (χ1) is 8.55. The van der Waals surface area contributed by atoms with Gasteiger partial charge in [0, 0.05) is 12.3 Å². The molecule has 5 unspecified atom stereocenters. The lowest BCUT2D eigenvalue weighted by molar-refractivity contribution is -0.124. The van der Waals surface area contributed by atoms with Crippen LogP contribution in [0.15, 0.2) is 0 Å². The van der Waals surface area contributed by atoms with Gasteiger partial charge in [-0.15, -0.1) is 0 Å². The molecule has 2 aliphatic heterocycles. The quantitative estimate of drug-likeness (QED) is 0.779. The molecule has 0 amide bonds. The molecule has 2 fully saturated rings. The van der Waals surface area contributed by atoms with Gasteiger partial charge in [0.2, 0.25) is 0 Å². The van der Waals surface area contributed by atoms with E-state index in [9.17, 15) is 10.2 Å². The highest BCUT2D eigenvalue weighted by molar-refractivity contribution is 6.74. The molecule has 5 atom stereocenters. The van der Waals surface area contributed by atoms with Crippen molar-refractivity contribution in [1.29, 1.82) is 0 Å². The van der Waals surface area contributed by atoms with Gasteiger partial charge in [-0.1, -0.05) is 27.7 Å². The van der Waals surface area contributed by atoms with Crippen molar-refractivity contribution in [2.24, 2.45) is 5.92 Å². The van der Waals surface area contributed by atoms with E-state index < -0.39 is 20.0 Å². The molecule has 2 aliphatic rings. The average Bonchev–Trinajstić information content (AvgIpc) is 2.74. The van der Waals surface area contributed by atoms with Crippen molar-refractivity contribution < 1.29 is 19.4 Å². The summed E-state index contributed by atoms with van der Waals surface area (Å²) in [6, 6.07) is 0. The number of fused-ring (bicyclic) bond motifs is 2. The van der Waals surface area contributed by atoms with E-state index in [1.54, 1.807) is 0 Å². The fraction of sp³-hybridized carbons (Fsp3) is 1.00. The summed E-state index contributed by atoms with van der Waals surface area (Å²) < 4.78 is 12.3. The summed E-state index contributed by atoms with van der Waals surface area (Å²) in [7, 11) is -1.92. The molecule has 5 heteroatoms. The van der Waals surface area contributed by atoms with Crippen molar-refractivity contribution >= 4 is 8.32 Å². The zero-order valence-corrected chi connectivity index (χ0v) is 13.9. The first-order valence-electron chi connectivity index (χ1n) is 7.20. The Morgan fingerprint density at radius 3 is 2.37 bits per heavy atom. The molecule has 2 N–H and O–H groups in total. The third kappa shape index (κ3) is 2.19. The van der Waals surface area contributed by atoms with Crippen LogP contribution in [0.1, 0.15) is 34.1 Å². The van der Waals surface area contributed by atoms with Crippen molar-refractivity contribution in [2.45, 2.75) is 76.2 Å². The molecule has 0 aromatic carbocycles. The highest BCUT2D eigenvalue weighted by Crippen LogP contribution is 2.50. The molecule has 0 aromatic rings. The van der Waals surface area contributed by atoms with Crippen molar-refractivity contribution in [2.75, 3.05) is 6.61 Å². The van der Waals surface area contributed by atoms with E-state index in [0.29, 0.717) is 0 Å². The minimum atomic E-state index is -1.92. The minimum absolute atomic E-state index is 0.0110. The fourth-order valence-corrected chi connectivity index (χ4v) is 4.32. The summed E-state index contributed by atoms with van der Waals surface area (Å²) in [6.45, 7) is 12.8. The Kier molecular flexibility index (Phi) is 3.68. The number of hydrogen-bond acceptors (Lipinski definition) is 4. The van der Waals surface area contributed by atoms with Crippen molar-refractivity contribution in [3.63, 3.8) is 0 Å². The van der Waals surface area contributed by atoms with Crippen LogP contribution in [-0.4, -0.2) is 49.1 Å². The second-order valence-electron chi connectivity index (χ2n) is 7.68.